The van der Waals surface area contributed by atoms with Crippen LogP contribution in [-0.4, -0.2) is 45.7 Å². The first-order valence-electron chi connectivity index (χ1n) is 9.52. The Bertz CT molecular complexity index is 800. The Labute approximate surface area is 171 Å². The molecule has 0 fully saturated rings. The van der Waals surface area contributed by atoms with Crippen molar-refractivity contribution in [3.8, 4) is 0 Å². The number of aliphatic hydroxyl groups excluding tert-OH is 1. The second kappa shape index (κ2) is 10.1. The van der Waals surface area contributed by atoms with Crippen LogP contribution < -0.4 is 0 Å². The minimum absolute atomic E-state index is 0.00627. The van der Waals surface area contributed by atoms with Crippen molar-refractivity contribution in [3.63, 3.8) is 0 Å². The summed E-state index contributed by atoms with van der Waals surface area (Å²) in [5.74, 6) is -0.383. The highest BCUT2D eigenvalue weighted by atomic mass is 16.6. The van der Waals surface area contributed by atoms with E-state index in [2.05, 4.69) is 0 Å². The van der Waals surface area contributed by atoms with Gasteiger partial charge in [0.15, 0.2) is 0 Å². The quantitative estimate of drug-likeness (QED) is 0.394. The third kappa shape index (κ3) is 7.63. The average Bonchev–Trinajstić information content (AvgIpc) is 2.65. The first-order chi connectivity index (χ1) is 13.7. The molecule has 0 spiro atoms. The van der Waals surface area contributed by atoms with Crippen molar-refractivity contribution in [1.29, 1.82) is 0 Å². The molecule has 7 nitrogen and oxygen atoms in total. The van der Waals surface area contributed by atoms with Crippen molar-refractivity contribution in [2.45, 2.75) is 45.4 Å². The molecule has 7 heteroatoms. The van der Waals surface area contributed by atoms with E-state index in [4.69, 9.17) is 4.74 Å². The zero-order valence-corrected chi connectivity index (χ0v) is 17.1. The molecule has 0 heterocycles. The summed E-state index contributed by atoms with van der Waals surface area (Å²) >= 11 is 0. The summed E-state index contributed by atoms with van der Waals surface area (Å²) in [6.07, 6.45) is 0.563. The Morgan fingerprint density at radius 3 is 2.24 bits per heavy atom. The molecule has 0 saturated carbocycles. The zero-order valence-electron chi connectivity index (χ0n) is 17.1. The van der Waals surface area contributed by atoms with Crippen molar-refractivity contribution in [2.75, 3.05) is 13.2 Å². The van der Waals surface area contributed by atoms with Crippen molar-refractivity contribution in [1.82, 2.24) is 4.90 Å². The van der Waals surface area contributed by atoms with Gasteiger partial charge in [0.2, 0.25) is 0 Å². The second-order valence-electron chi connectivity index (χ2n) is 7.94. The van der Waals surface area contributed by atoms with Gasteiger partial charge in [-0.15, -0.1) is 0 Å². The van der Waals surface area contributed by atoms with Gasteiger partial charge in [-0.1, -0.05) is 42.5 Å². The van der Waals surface area contributed by atoms with Crippen LogP contribution in [0.15, 0.2) is 54.6 Å². The topological polar surface area (TPSA) is 92.9 Å². The van der Waals surface area contributed by atoms with Gasteiger partial charge in [0.25, 0.3) is 5.69 Å². The molecule has 0 aliphatic heterocycles. The third-order valence-electron chi connectivity index (χ3n) is 4.33. The van der Waals surface area contributed by atoms with Gasteiger partial charge in [-0.3, -0.25) is 19.8 Å². The van der Waals surface area contributed by atoms with Gasteiger partial charge in [0.1, 0.15) is 5.60 Å². The largest absolute Gasteiger partial charge is 0.459 e. The van der Waals surface area contributed by atoms with Crippen molar-refractivity contribution >= 4 is 11.7 Å². The molecule has 2 aromatic rings. The molecule has 29 heavy (non-hydrogen) atoms. The molecule has 1 atom stereocenters. The number of rotatable bonds is 9. The predicted molar refractivity (Wildman–Crippen MR) is 110 cm³/mol. The number of nitro benzene ring substituents is 1. The van der Waals surface area contributed by atoms with Crippen LogP contribution in [0, 0.1) is 10.1 Å². The number of hydrogen-bond acceptors (Lipinski definition) is 6. The number of benzene rings is 2. The van der Waals surface area contributed by atoms with E-state index in [1.807, 2.05) is 35.2 Å². The SMILES string of the molecule is CC(C)(C)OC(=O)CN(Cc1ccc([N+](=O)[O-])cc1)C(CO)Cc1ccccc1. The summed E-state index contributed by atoms with van der Waals surface area (Å²) < 4.78 is 5.45. The molecule has 0 bridgehead atoms. The van der Waals surface area contributed by atoms with Gasteiger partial charge in [0, 0.05) is 24.7 Å². The summed E-state index contributed by atoms with van der Waals surface area (Å²) in [5, 5.41) is 20.9. The molecular weight excluding hydrogens is 372 g/mol. The number of hydrogen-bond donors (Lipinski definition) is 1. The molecular formula is C22H28N2O5. The molecule has 0 aliphatic carbocycles. The van der Waals surface area contributed by atoms with Gasteiger partial charge in [0.05, 0.1) is 18.1 Å². The van der Waals surface area contributed by atoms with E-state index in [0.717, 1.165) is 11.1 Å². The smallest absolute Gasteiger partial charge is 0.320 e. The number of carbonyl (C=O) groups excluding carboxylic acids is 1. The summed E-state index contributed by atoms with van der Waals surface area (Å²) in [4.78, 5) is 24.7. The Balaban J connectivity index is 2.20. The second-order valence-corrected chi connectivity index (χ2v) is 7.94. The first-order valence-corrected chi connectivity index (χ1v) is 9.52. The number of esters is 1. The lowest BCUT2D eigenvalue weighted by Gasteiger charge is -2.31. The van der Waals surface area contributed by atoms with E-state index in [-0.39, 0.29) is 30.9 Å². The van der Waals surface area contributed by atoms with Crippen LogP contribution in [0.4, 0.5) is 5.69 Å². The number of nitro groups is 1. The van der Waals surface area contributed by atoms with Crippen LogP contribution in [0.5, 0.6) is 0 Å². The Morgan fingerprint density at radius 1 is 1.10 bits per heavy atom. The zero-order chi connectivity index (χ0) is 21.4. The van der Waals surface area contributed by atoms with Crippen LogP contribution in [0.1, 0.15) is 31.9 Å². The van der Waals surface area contributed by atoms with Gasteiger partial charge in [-0.05, 0) is 38.3 Å². The number of ether oxygens (including phenoxy) is 1. The molecule has 0 aliphatic rings. The van der Waals surface area contributed by atoms with Crippen LogP contribution >= 0.6 is 0 Å². The maximum absolute atomic E-state index is 12.4. The van der Waals surface area contributed by atoms with Crippen LogP contribution in [-0.2, 0) is 22.5 Å². The monoisotopic (exact) mass is 400 g/mol. The van der Waals surface area contributed by atoms with Crippen LogP contribution in [0.25, 0.3) is 0 Å². The van der Waals surface area contributed by atoms with E-state index < -0.39 is 10.5 Å². The molecule has 1 unspecified atom stereocenters. The maximum Gasteiger partial charge on any atom is 0.320 e. The van der Waals surface area contributed by atoms with Gasteiger partial charge < -0.3 is 9.84 Å². The van der Waals surface area contributed by atoms with E-state index in [1.165, 1.54) is 12.1 Å². The maximum atomic E-state index is 12.4. The van der Waals surface area contributed by atoms with Crippen molar-refractivity contribution < 1.29 is 19.6 Å². The standard InChI is InChI=1S/C22H28N2O5/c1-22(2,3)29-21(26)15-23(14-18-9-11-19(12-10-18)24(27)28)20(16-25)13-17-7-5-4-6-8-17/h4-12,20,25H,13-16H2,1-3H3. The minimum Gasteiger partial charge on any atom is -0.459 e. The molecule has 156 valence electrons. The normalized spacial score (nSPS) is 12.6. The van der Waals surface area contributed by atoms with E-state index in [0.29, 0.717) is 13.0 Å². The highest BCUT2D eigenvalue weighted by Crippen LogP contribution is 2.17. The van der Waals surface area contributed by atoms with Crippen LogP contribution in [0.2, 0.25) is 0 Å². The third-order valence-corrected chi connectivity index (χ3v) is 4.33. The number of carbonyl (C=O) groups is 1. The summed E-state index contributed by atoms with van der Waals surface area (Å²) in [6, 6.07) is 15.6. The Kier molecular flexibility index (Phi) is 7.87. The summed E-state index contributed by atoms with van der Waals surface area (Å²) in [7, 11) is 0. The molecule has 0 aromatic heterocycles. The highest BCUT2D eigenvalue weighted by Gasteiger charge is 2.25. The van der Waals surface area contributed by atoms with Gasteiger partial charge >= 0.3 is 5.97 Å². The lowest BCUT2D eigenvalue weighted by molar-refractivity contribution is -0.384. The summed E-state index contributed by atoms with van der Waals surface area (Å²) in [6.45, 7) is 5.64. The van der Waals surface area contributed by atoms with E-state index >= 15 is 0 Å². The molecule has 0 saturated heterocycles. The molecule has 0 radical (unpaired) electrons. The molecule has 2 aromatic carbocycles. The van der Waals surface area contributed by atoms with Gasteiger partial charge in [-0.2, -0.15) is 0 Å². The molecule has 1 N–H and O–H groups in total. The first kappa shape index (κ1) is 22.5. The van der Waals surface area contributed by atoms with Crippen molar-refractivity contribution in [2.24, 2.45) is 0 Å². The van der Waals surface area contributed by atoms with Crippen molar-refractivity contribution in [3.05, 3.63) is 75.8 Å². The fourth-order valence-electron chi connectivity index (χ4n) is 3.01. The Morgan fingerprint density at radius 2 is 1.72 bits per heavy atom. The minimum atomic E-state index is -0.607. The highest BCUT2D eigenvalue weighted by molar-refractivity contribution is 5.72. The Hall–Kier alpha value is -2.77. The van der Waals surface area contributed by atoms with E-state index in [1.54, 1.807) is 32.9 Å². The number of non-ortho nitro benzene ring substituents is 1. The average molecular weight is 400 g/mol. The lowest BCUT2D eigenvalue weighted by Crippen LogP contribution is -2.43. The van der Waals surface area contributed by atoms with E-state index in [9.17, 15) is 20.0 Å². The summed E-state index contributed by atoms with van der Waals surface area (Å²) in [5.41, 5.74) is 1.26. The fraction of sp³-hybridized carbons (Fsp3) is 0.409. The molecule has 2 rings (SSSR count). The van der Waals surface area contributed by atoms with Crippen LogP contribution in [0.3, 0.4) is 0 Å². The lowest BCUT2D eigenvalue weighted by atomic mass is 10.0. The number of nitrogens with zero attached hydrogens (tertiary/aromatic N) is 2. The predicted octanol–water partition coefficient (Wildman–Crippen LogP) is 3.34. The molecule has 0 amide bonds. The fourth-order valence-corrected chi connectivity index (χ4v) is 3.01. The number of aliphatic hydroxyl groups is 1. The van der Waals surface area contributed by atoms with Gasteiger partial charge in [-0.25, -0.2) is 0 Å².